The molecular weight excluding hydrogens is 407 g/mol. The Labute approximate surface area is 151 Å². The standard InChI is InChI=1S/C15H11BrCl2N2O3/c16-10-3-1-9(2-4-10)15(19)20-23-14(21)8-22-13-6-5-11(17)7-12(13)18/h1-7H,8H2,(H2,19,20). The van der Waals surface area contributed by atoms with Crippen molar-refractivity contribution in [3.63, 3.8) is 0 Å². The van der Waals surface area contributed by atoms with Crippen molar-refractivity contribution in [1.82, 2.24) is 0 Å². The number of carbonyl (C=O) groups excluding carboxylic acids is 1. The first-order valence-corrected chi connectivity index (χ1v) is 7.87. The number of benzene rings is 2. The molecule has 0 aliphatic rings. The van der Waals surface area contributed by atoms with Crippen molar-refractivity contribution in [2.75, 3.05) is 6.61 Å². The van der Waals surface area contributed by atoms with Crippen molar-refractivity contribution in [2.45, 2.75) is 0 Å². The van der Waals surface area contributed by atoms with E-state index in [0.29, 0.717) is 21.4 Å². The van der Waals surface area contributed by atoms with Crippen LogP contribution in [0.2, 0.25) is 10.0 Å². The number of oxime groups is 1. The largest absolute Gasteiger partial charge is 0.480 e. The maximum atomic E-state index is 11.6. The van der Waals surface area contributed by atoms with Crippen LogP contribution in [0.4, 0.5) is 0 Å². The highest BCUT2D eigenvalue weighted by Crippen LogP contribution is 2.27. The first-order valence-electron chi connectivity index (χ1n) is 6.33. The smallest absolute Gasteiger partial charge is 0.372 e. The summed E-state index contributed by atoms with van der Waals surface area (Å²) in [5, 5.41) is 4.33. The molecule has 2 aromatic rings. The maximum Gasteiger partial charge on any atom is 0.372 e. The van der Waals surface area contributed by atoms with Crippen molar-refractivity contribution in [1.29, 1.82) is 0 Å². The van der Waals surface area contributed by atoms with Gasteiger partial charge in [0.15, 0.2) is 12.4 Å². The highest BCUT2D eigenvalue weighted by Gasteiger charge is 2.08. The molecule has 0 saturated heterocycles. The highest BCUT2D eigenvalue weighted by molar-refractivity contribution is 9.10. The van der Waals surface area contributed by atoms with Gasteiger partial charge in [-0.15, -0.1) is 0 Å². The van der Waals surface area contributed by atoms with Crippen molar-refractivity contribution in [3.05, 3.63) is 62.5 Å². The summed E-state index contributed by atoms with van der Waals surface area (Å²) >= 11 is 15.0. The molecule has 120 valence electrons. The molecule has 5 nitrogen and oxygen atoms in total. The van der Waals surface area contributed by atoms with E-state index in [9.17, 15) is 4.79 Å². The maximum absolute atomic E-state index is 11.6. The molecule has 0 unspecified atom stereocenters. The fourth-order valence-corrected chi connectivity index (χ4v) is 2.26. The lowest BCUT2D eigenvalue weighted by Crippen LogP contribution is -2.18. The van der Waals surface area contributed by atoms with E-state index in [-0.39, 0.29) is 12.4 Å². The van der Waals surface area contributed by atoms with Crippen LogP contribution in [0.15, 0.2) is 52.1 Å². The van der Waals surface area contributed by atoms with Gasteiger partial charge in [0.25, 0.3) is 0 Å². The van der Waals surface area contributed by atoms with E-state index < -0.39 is 5.97 Å². The average molecular weight is 418 g/mol. The van der Waals surface area contributed by atoms with Crippen LogP contribution in [0.1, 0.15) is 5.56 Å². The lowest BCUT2D eigenvalue weighted by molar-refractivity contribution is -0.146. The molecule has 0 aromatic heterocycles. The van der Waals surface area contributed by atoms with Gasteiger partial charge < -0.3 is 15.3 Å². The molecule has 0 bridgehead atoms. The summed E-state index contributed by atoms with van der Waals surface area (Å²) in [7, 11) is 0. The third kappa shape index (κ3) is 5.42. The zero-order valence-electron chi connectivity index (χ0n) is 11.6. The summed E-state index contributed by atoms with van der Waals surface area (Å²) in [5.74, 6) is -0.315. The van der Waals surface area contributed by atoms with Crippen molar-refractivity contribution in [3.8, 4) is 5.75 Å². The van der Waals surface area contributed by atoms with Crippen LogP contribution in [-0.2, 0) is 9.63 Å². The van der Waals surface area contributed by atoms with Crippen molar-refractivity contribution in [2.24, 2.45) is 10.9 Å². The Hall–Kier alpha value is -1.76. The quantitative estimate of drug-likeness (QED) is 0.345. The van der Waals surface area contributed by atoms with Gasteiger partial charge in [0.2, 0.25) is 0 Å². The summed E-state index contributed by atoms with van der Waals surface area (Å²) in [4.78, 5) is 16.3. The summed E-state index contributed by atoms with van der Waals surface area (Å²) in [5.41, 5.74) is 6.35. The van der Waals surface area contributed by atoms with Crippen LogP contribution in [0.5, 0.6) is 5.75 Å². The van der Waals surface area contributed by atoms with E-state index in [0.717, 1.165) is 4.47 Å². The predicted octanol–water partition coefficient (Wildman–Crippen LogP) is 4.00. The lowest BCUT2D eigenvalue weighted by atomic mass is 10.2. The summed E-state index contributed by atoms with van der Waals surface area (Å²) < 4.78 is 6.13. The molecule has 0 fully saturated rings. The normalized spacial score (nSPS) is 11.2. The molecule has 8 heteroatoms. The molecule has 2 rings (SSSR count). The molecule has 2 aromatic carbocycles. The first-order chi connectivity index (χ1) is 11.0. The Morgan fingerprint density at radius 2 is 1.87 bits per heavy atom. The Morgan fingerprint density at radius 1 is 1.17 bits per heavy atom. The second-order valence-electron chi connectivity index (χ2n) is 4.31. The second-order valence-corrected chi connectivity index (χ2v) is 6.07. The average Bonchev–Trinajstić information content (AvgIpc) is 2.52. The van der Waals surface area contributed by atoms with E-state index in [4.69, 9.17) is 38.5 Å². The predicted molar refractivity (Wildman–Crippen MR) is 92.9 cm³/mol. The first kappa shape index (κ1) is 17.6. The van der Waals surface area contributed by atoms with E-state index in [1.54, 1.807) is 36.4 Å². The molecule has 0 aliphatic heterocycles. The minimum Gasteiger partial charge on any atom is -0.480 e. The molecule has 0 aliphatic carbocycles. The van der Waals surface area contributed by atoms with Gasteiger partial charge in [-0.3, -0.25) is 0 Å². The molecule has 0 amide bonds. The van der Waals surface area contributed by atoms with Crippen LogP contribution in [0, 0.1) is 0 Å². The number of hydrogen-bond donors (Lipinski definition) is 1. The zero-order valence-corrected chi connectivity index (χ0v) is 14.7. The summed E-state index contributed by atoms with van der Waals surface area (Å²) in [6.45, 7) is -0.363. The Kier molecular flexibility index (Phi) is 6.27. The number of nitrogens with zero attached hydrogens (tertiary/aromatic N) is 1. The van der Waals surface area contributed by atoms with Crippen molar-refractivity contribution < 1.29 is 14.4 Å². The third-order valence-corrected chi connectivity index (χ3v) is 3.68. The van der Waals surface area contributed by atoms with Gasteiger partial charge >= 0.3 is 5.97 Å². The Morgan fingerprint density at radius 3 is 2.52 bits per heavy atom. The number of halogens is 3. The van der Waals surface area contributed by atoms with Crippen LogP contribution in [-0.4, -0.2) is 18.4 Å². The molecule has 2 N–H and O–H groups in total. The van der Waals surface area contributed by atoms with Crippen molar-refractivity contribution >= 4 is 50.9 Å². The zero-order chi connectivity index (χ0) is 16.8. The van der Waals surface area contributed by atoms with Gasteiger partial charge in [-0.1, -0.05) is 56.4 Å². The minimum absolute atomic E-state index is 0.0791. The monoisotopic (exact) mass is 416 g/mol. The number of nitrogens with two attached hydrogens (primary N) is 1. The second kappa shape index (κ2) is 8.19. The van der Waals surface area contributed by atoms with Crippen LogP contribution in [0.3, 0.4) is 0 Å². The fourth-order valence-electron chi connectivity index (χ4n) is 1.53. The Balaban J connectivity index is 1.89. The molecule has 0 atom stereocenters. The van der Waals surface area contributed by atoms with Gasteiger partial charge in [-0.25, -0.2) is 4.79 Å². The number of hydrogen-bond acceptors (Lipinski definition) is 4. The van der Waals surface area contributed by atoms with Gasteiger partial charge in [-0.2, -0.15) is 0 Å². The molecule has 0 heterocycles. The van der Waals surface area contributed by atoms with Gasteiger partial charge in [0.05, 0.1) is 5.02 Å². The van der Waals surface area contributed by atoms with Gasteiger partial charge in [0.1, 0.15) is 5.75 Å². The highest BCUT2D eigenvalue weighted by atomic mass is 79.9. The summed E-state index contributed by atoms with van der Waals surface area (Å²) in [6, 6.07) is 11.7. The third-order valence-electron chi connectivity index (χ3n) is 2.63. The Bertz CT molecular complexity index is 736. The van der Waals surface area contributed by atoms with E-state index in [1.807, 2.05) is 0 Å². The van der Waals surface area contributed by atoms with Gasteiger partial charge in [0, 0.05) is 15.1 Å². The lowest BCUT2D eigenvalue weighted by Gasteiger charge is -2.06. The molecule has 23 heavy (non-hydrogen) atoms. The van der Waals surface area contributed by atoms with E-state index in [1.165, 1.54) is 6.07 Å². The SMILES string of the molecule is N/C(=N/OC(=O)COc1ccc(Cl)cc1Cl)c1ccc(Br)cc1. The van der Waals surface area contributed by atoms with Crippen LogP contribution < -0.4 is 10.5 Å². The van der Waals surface area contributed by atoms with E-state index >= 15 is 0 Å². The number of carbonyl (C=O) groups is 1. The molecule has 0 radical (unpaired) electrons. The van der Waals surface area contributed by atoms with E-state index in [2.05, 4.69) is 21.1 Å². The number of amidine groups is 1. The molecule has 0 spiro atoms. The fraction of sp³-hybridized carbons (Fsp3) is 0.0667. The minimum atomic E-state index is -0.712. The number of ether oxygens (including phenoxy) is 1. The topological polar surface area (TPSA) is 73.9 Å². The number of rotatable bonds is 5. The van der Waals surface area contributed by atoms with Crippen LogP contribution in [0.25, 0.3) is 0 Å². The summed E-state index contributed by atoms with van der Waals surface area (Å²) in [6.07, 6.45) is 0. The van der Waals surface area contributed by atoms with Gasteiger partial charge in [-0.05, 0) is 30.3 Å². The molecule has 0 saturated carbocycles. The molecular formula is C15H11BrCl2N2O3. The van der Waals surface area contributed by atoms with Crippen LogP contribution >= 0.6 is 39.1 Å².